The Balaban J connectivity index is 1.52. The second kappa shape index (κ2) is 9.98. The lowest BCUT2D eigenvalue weighted by atomic mass is 10.2. The number of amidine groups is 1. The number of aromatic nitrogens is 1. The number of thioether (sulfide) groups is 1. The van der Waals surface area contributed by atoms with Crippen LogP contribution in [-0.2, 0) is 11.3 Å². The monoisotopic (exact) mass is 497 g/mol. The molecule has 1 aromatic heterocycles. The zero-order valence-electron chi connectivity index (χ0n) is 19.5. The Morgan fingerprint density at radius 1 is 0.914 bits per heavy atom. The van der Waals surface area contributed by atoms with Crippen LogP contribution in [0.2, 0.25) is 5.02 Å². The standard InChI is InChI=1S/C29H24ClN3OS/c1-20-17-23(21(2)33(20)26-15-13-24(30)14-16-26)18-27-28(34)32(19-22-9-5-3-6-10-22)29(35-27)31-25-11-7-4-8-12-25/h3-18H,19H2,1-2H3/b27-18-,31-29?. The molecule has 1 amide bonds. The van der Waals surface area contributed by atoms with Gasteiger partial charge in [0.15, 0.2) is 5.17 Å². The summed E-state index contributed by atoms with van der Waals surface area (Å²) in [5.74, 6) is -0.0372. The number of aliphatic imine (C=N–C) groups is 1. The highest BCUT2D eigenvalue weighted by atomic mass is 35.5. The number of nitrogens with zero attached hydrogens (tertiary/aromatic N) is 3. The van der Waals surface area contributed by atoms with Crippen LogP contribution in [0.25, 0.3) is 11.8 Å². The zero-order valence-corrected chi connectivity index (χ0v) is 21.1. The Bertz CT molecular complexity index is 1420. The highest BCUT2D eigenvalue weighted by Crippen LogP contribution is 2.36. The van der Waals surface area contributed by atoms with Crippen LogP contribution < -0.4 is 0 Å². The van der Waals surface area contributed by atoms with Crippen LogP contribution in [0.15, 0.2) is 101 Å². The third-order valence-corrected chi connectivity index (χ3v) is 7.15. The molecule has 2 heterocycles. The molecule has 174 valence electrons. The summed E-state index contributed by atoms with van der Waals surface area (Å²) in [6.07, 6.45) is 1.98. The summed E-state index contributed by atoms with van der Waals surface area (Å²) >= 11 is 7.50. The predicted octanol–water partition coefficient (Wildman–Crippen LogP) is 7.55. The van der Waals surface area contributed by atoms with E-state index in [1.54, 1.807) is 4.90 Å². The van der Waals surface area contributed by atoms with Gasteiger partial charge in [0, 0.05) is 22.1 Å². The molecule has 35 heavy (non-hydrogen) atoms. The first-order valence-corrected chi connectivity index (χ1v) is 12.5. The molecule has 4 nitrogen and oxygen atoms in total. The Morgan fingerprint density at radius 3 is 2.26 bits per heavy atom. The van der Waals surface area contributed by atoms with Crippen molar-refractivity contribution in [2.45, 2.75) is 20.4 Å². The van der Waals surface area contributed by atoms with E-state index in [0.717, 1.165) is 33.9 Å². The molecule has 1 fully saturated rings. The van der Waals surface area contributed by atoms with Gasteiger partial charge in [0.2, 0.25) is 0 Å². The maximum Gasteiger partial charge on any atom is 0.267 e. The molecule has 1 aliphatic heterocycles. The summed E-state index contributed by atoms with van der Waals surface area (Å²) in [4.78, 5) is 20.8. The van der Waals surface area contributed by atoms with E-state index >= 15 is 0 Å². The van der Waals surface area contributed by atoms with Crippen molar-refractivity contribution in [1.82, 2.24) is 9.47 Å². The van der Waals surface area contributed by atoms with E-state index < -0.39 is 0 Å². The fourth-order valence-electron chi connectivity index (χ4n) is 4.17. The first-order valence-electron chi connectivity index (χ1n) is 11.3. The number of hydrogen-bond acceptors (Lipinski definition) is 3. The minimum Gasteiger partial charge on any atom is -0.318 e. The Hall–Kier alpha value is -3.54. The van der Waals surface area contributed by atoms with Gasteiger partial charge in [0.05, 0.1) is 17.1 Å². The lowest BCUT2D eigenvalue weighted by Crippen LogP contribution is -2.28. The van der Waals surface area contributed by atoms with Crippen molar-refractivity contribution in [2.75, 3.05) is 0 Å². The second-order valence-electron chi connectivity index (χ2n) is 8.36. The van der Waals surface area contributed by atoms with Gasteiger partial charge in [-0.25, -0.2) is 4.99 Å². The zero-order chi connectivity index (χ0) is 24.4. The Morgan fingerprint density at radius 2 is 1.57 bits per heavy atom. The van der Waals surface area contributed by atoms with E-state index in [0.29, 0.717) is 21.6 Å². The smallest absolute Gasteiger partial charge is 0.267 e. The highest BCUT2D eigenvalue weighted by Gasteiger charge is 2.33. The van der Waals surface area contributed by atoms with Gasteiger partial charge in [-0.3, -0.25) is 9.69 Å². The maximum atomic E-state index is 13.6. The Kier molecular flexibility index (Phi) is 6.62. The van der Waals surface area contributed by atoms with Crippen LogP contribution in [0.5, 0.6) is 0 Å². The van der Waals surface area contributed by atoms with Gasteiger partial charge in [-0.05, 0) is 85.3 Å². The molecule has 0 spiro atoms. The summed E-state index contributed by atoms with van der Waals surface area (Å²) in [6.45, 7) is 4.61. The second-order valence-corrected chi connectivity index (χ2v) is 9.80. The third-order valence-electron chi connectivity index (χ3n) is 5.89. The number of aryl methyl sites for hydroxylation is 1. The van der Waals surface area contributed by atoms with Crippen LogP contribution in [0.1, 0.15) is 22.5 Å². The van der Waals surface area contributed by atoms with Gasteiger partial charge in [-0.15, -0.1) is 0 Å². The first kappa shape index (κ1) is 23.2. The SMILES string of the molecule is Cc1cc(/C=C2\SC(=Nc3ccccc3)N(Cc3ccccc3)C2=O)c(C)n1-c1ccc(Cl)cc1. The van der Waals surface area contributed by atoms with Gasteiger partial charge in [0.1, 0.15) is 0 Å². The van der Waals surface area contributed by atoms with Crippen LogP contribution in [0.4, 0.5) is 5.69 Å². The third kappa shape index (κ3) is 4.97. The molecule has 0 radical (unpaired) electrons. The van der Waals surface area contributed by atoms with Gasteiger partial charge < -0.3 is 4.57 Å². The number of benzene rings is 3. The average Bonchev–Trinajstić information content (AvgIpc) is 3.31. The number of carbonyl (C=O) groups excluding carboxylic acids is 1. The topological polar surface area (TPSA) is 37.6 Å². The van der Waals surface area contributed by atoms with E-state index in [1.165, 1.54) is 11.8 Å². The lowest BCUT2D eigenvalue weighted by Gasteiger charge is -2.15. The van der Waals surface area contributed by atoms with Crippen molar-refractivity contribution in [2.24, 2.45) is 4.99 Å². The number of rotatable bonds is 5. The molecule has 5 rings (SSSR count). The van der Waals surface area contributed by atoms with Gasteiger partial charge in [0.25, 0.3) is 5.91 Å². The van der Waals surface area contributed by atoms with E-state index in [2.05, 4.69) is 24.5 Å². The first-order chi connectivity index (χ1) is 17.0. The molecule has 3 aromatic carbocycles. The normalized spacial score (nSPS) is 16.0. The quantitative estimate of drug-likeness (QED) is 0.267. The molecule has 1 saturated heterocycles. The largest absolute Gasteiger partial charge is 0.318 e. The van der Waals surface area contributed by atoms with Crippen LogP contribution in [0.3, 0.4) is 0 Å². The van der Waals surface area contributed by atoms with Crippen molar-refractivity contribution >= 4 is 46.2 Å². The highest BCUT2D eigenvalue weighted by molar-refractivity contribution is 8.18. The summed E-state index contributed by atoms with van der Waals surface area (Å²) in [7, 11) is 0. The van der Waals surface area contributed by atoms with Crippen LogP contribution in [-0.4, -0.2) is 20.5 Å². The summed E-state index contributed by atoms with van der Waals surface area (Å²) in [6, 6.07) is 29.6. The summed E-state index contributed by atoms with van der Waals surface area (Å²) < 4.78 is 2.17. The molecular formula is C29H24ClN3OS. The molecule has 1 aliphatic rings. The molecule has 0 N–H and O–H groups in total. The average molecular weight is 498 g/mol. The van der Waals surface area contributed by atoms with Gasteiger partial charge in [-0.2, -0.15) is 0 Å². The van der Waals surface area contributed by atoms with Crippen LogP contribution in [0, 0.1) is 13.8 Å². The van der Waals surface area contributed by atoms with E-state index in [-0.39, 0.29) is 5.91 Å². The van der Waals surface area contributed by atoms with Gasteiger partial charge >= 0.3 is 0 Å². The molecule has 0 aliphatic carbocycles. The number of hydrogen-bond donors (Lipinski definition) is 0. The molecule has 4 aromatic rings. The molecule has 0 bridgehead atoms. The van der Waals surface area contributed by atoms with Crippen molar-refractivity contribution in [3.8, 4) is 5.69 Å². The molecular weight excluding hydrogens is 474 g/mol. The number of amides is 1. The van der Waals surface area contributed by atoms with Crippen molar-refractivity contribution in [3.63, 3.8) is 0 Å². The number of carbonyl (C=O) groups is 1. The lowest BCUT2D eigenvalue weighted by molar-refractivity contribution is -0.122. The van der Waals surface area contributed by atoms with Crippen molar-refractivity contribution in [3.05, 3.63) is 123 Å². The van der Waals surface area contributed by atoms with Gasteiger partial charge in [-0.1, -0.05) is 60.1 Å². The molecule has 0 unspecified atom stereocenters. The minimum atomic E-state index is -0.0372. The van der Waals surface area contributed by atoms with Crippen molar-refractivity contribution in [1.29, 1.82) is 0 Å². The molecule has 6 heteroatoms. The number of para-hydroxylation sites is 1. The van der Waals surface area contributed by atoms with Crippen LogP contribution >= 0.6 is 23.4 Å². The van der Waals surface area contributed by atoms with E-state index in [4.69, 9.17) is 16.6 Å². The fraction of sp³-hybridized carbons (Fsp3) is 0.103. The Labute approximate surface area is 214 Å². The van der Waals surface area contributed by atoms with E-state index in [9.17, 15) is 4.79 Å². The molecule has 0 atom stereocenters. The predicted molar refractivity (Wildman–Crippen MR) is 146 cm³/mol. The molecule has 0 saturated carbocycles. The number of halogens is 1. The minimum absolute atomic E-state index is 0.0372. The summed E-state index contributed by atoms with van der Waals surface area (Å²) in [5.41, 5.74) is 6.08. The maximum absolute atomic E-state index is 13.6. The van der Waals surface area contributed by atoms with Crippen molar-refractivity contribution < 1.29 is 4.79 Å². The van der Waals surface area contributed by atoms with E-state index in [1.807, 2.05) is 91.0 Å². The fourth-order valence-corrected chi connectivity index (χ4v) is 5.29. The summed E-state index contributed by atoms with van der Waals surface area (Å²) in [5, 5.41) is 1.39.